The molecule has 92 valence electrons. The molecule has 2 aromatic carbocycles. The fraction of sp³-hybridized carbons (Fsp3) is 0.133. The minimum Gasteiger partial charge on any atom is -0.311 e. The average molecular weight is 304 g/mol. The van der Waals surface area contributed by atoms with E-state index in [-0.39, 0.29) is 5.91 Å². The van der Waals surface area contributed by atoms with E-state index in [1.54, 1.807) is 11.9 Å². The lowest BCUT2D eigenvalue weighted by Crippen LogP contribution is -2.26. The largest absolute Gasteiger partial charge is 0.311 e. The number of anilines is 1. The summed E-state index contributed by atoms with van der Waals surface area (Å²) >= 11 is 3.38. The second kappa shape index (κ2) is 5.36. The van der Waals surface area contributed by atoms with Crippen molar-refractivity contribution in [1.29, 1.82) is 0 Å². The van der Waals surface area contributed by atoms with E-state index in [1.807, 2.05) is 55.5 Å². The molecule has 0 saturated heterocycles. The van der Waals surface area contributed by atoms with Crippen LogP contribution in [0.4, 0.5) is 5.69 Å². The van der Waals surface area contributed by atoms with Gasteiger partial charge in [0.25, 0.3) is 5.91 Å². The van der Waals surface area contributed by atoms with Crippen LogP contribution in [-0.2, 0) is 0 Å². The van der Waals surface area contributed by atoms with Crippen molar-refractivity contribution >= 4 is 27.5 Å². The fourth-order valence-corrected chi connectivity index (χ4v) is 2.17. The Hall–Kier alpha value is -1.61. The van der Waals surface area contributed by atoms with Crippen LogP contribution in [0.3, 0.4) is 0 Å². The Morgan fingerprint density at radius 3 is 2.50 bits per heavy atom. The minimum absolute atomic E-state index is 0.0121. The Bertz CT molecular complexity index is 580. The molecule has 0 aliphatic heterocycles. The Labute approximate surface area is 115 Å². The van der Waals surface area contributed by atoms with Crippen molar-refractivity contribution in [3.63, 3.8) is 0 Å². The van der Waals surface area contributed by atoms with Crippen molar-refractivity contribution in [2.24, 2.45) is 0 Å². The number of hydrogen-bond acceptors (Lipinski definition) is 1. The van der Waals surface area contributed by atoms with E-state index in [9.17, 15) is 4.79 Å². The van der Waals surface area contributed by atoms with Gasteiger partial charge in [0, 0.05) is 22.8 Å². The smallest absolute Gasteiger partial charge is 0.258 e. The first-order chi connectivity index (χ1) is 8.58. The van der Waals surface area contributed by atoms with Gasteiger partial charge in [-0.25, -0.2) is 0 Å². The summed E-state index contributed by atoms with van der Waals surface area (Å²) in [6.07, 6.45) is 0. The zero-order valence-electron chi connectivity index (χ0n) is 10.4. The lowest BCUT2D eigenvalue weighted by Gasteiger charge is -2.18. The maximum absolute atomic E-state index is 12.3. The summed E-state index contributed by atoms with van der Waals surface area (Å²) in [5.74, 6) is -0.0121. The van der Waals surface area contributed by atoms with Crippen LogP contribution in [0.25, 0.3) is 0 Å². The van der Waals surface area contributed by atoms with Gasteiger partial charge in [-0.1, -0.05) is 34.1 Å². The maximum Gasteiger partial charge on any atom is 0.258 e. The Morgan fingerprint density at radius 2 is 1.83 bits per heavy atom. The number of amides is 1. The molecule has 0 atom stereocenters. The number of carbonyl (C=O) groups excluding carboxylic acids is 1. The van der Waals surface area contributed by atoms with Gasteiger partial charge in [-0.2, -0.15) is 0 Å². The van der Waals surface area contributed by atoms with Crippen LogP contribution in [0.2, 0.25) is 0 Å². The number of rotatable bonds is 2. The number of aryl methyl sites for hydroxylation is 1. The summed E-state index contributed by atoms with van der Waals surface area (Å²) in [5.41, 5.74) is 2.72. The predicted octanol–water partition coefficient (Wildman–Crippen LogP) is 4.03. The quantitative estimate of drug-likeness (QED) is 0.820. The first kappa shape index (κ1) is 12.8. The van der Waals surface area contributed by atoms with Crippen LogP contribution in [-0.4, -0.2) is 13.0 Å². The second-order valence-corrected chi connectivity index (χ2v) is 5.13. The SMILES string of the molecule is Cc1cccc(N(C)C(=O)c2cccc(Br)c2)c1. The molecule has 0 aliphatic rings. The second-order valence-electron chi connectivity index (χ2n) is 4.21. The summed E-state index contributed by atoms with van der Waals surface area (Å²) in [6, 6.07) is 15.3. The van der Waals surface area contributed by atoms with E-state index in [2.05, 4.69) is 15.9 Å². The van der Waals surface area contributed by atoms with Gasteiger partial charge in [-0.05, 0) is 42.8 Å². The number of hydrogen-bond donors (Lipinski definition) is 0. The van der Waals surface area contributed by atoms with Gasteiger partial charge in [-0.15, -0.1) is 0 Å². The molecule has 2 nitrogen and oxygen atoms in total. The first-order valence-corrected chi connectivity index (χ1v) is 6.47. The molecule has 0 N–H and O–H groups in total. The lowest BCUT2D eigenvalue weighted by atomic mass is 10.1. The maximum atomic E-state index is 12.3. The summed E-state index contributed by atoms with van der Waals surface area (Å²) < 4.78 is 0.908. The zero-order valence-corrected chi connectivity index (χ0v) is 11.9. The molecule has 2 aromatic rings. The van der Waals surface area contributed by atoms with Crippen LogP contribution in [0.5, 0.6) is 0 Å². The van der Waals surface area contributed by atoms with Crippen molar-refractivity contribution in [2.45, 2.75) is 6.92 Å². The highest BCUT2D eigenvalue weighted by atomic mass is 79.9. The van der Waals surface area contributed by atoms with Crippen LogP contribution >= 0.6 is 15.9 Å². The van der Waals surface area contributed by atoms with Gasteiger partial charge in [0.15, 0.2) is 0 Å². The van der Waals surface area contributed by atoms with Crippen molar-refractivity contribution in [3.05, 3.63) is 64.1 Å². The van der Waals surface area contributed by atoms with E-state index < -0.39 is 0 Å². The molecule has 0 fully saturated rings. The standard InChI is InChI=1S/C15H14BrNO/c1-11-5-3-8-14(9-11)17(2)15(18)12-6-4-7-13(16)10-12/h3-10H,1-2H3. The number of carbonyl (C=O) groups is 1. The van der Waals surface area contributed by atoms with Gasteiger partial charge in [0.05, 0.1) is 0 Å². The van der Waals surface area contributed by atoms with Crippen molar-refractivity contribution < 1.29 is 4.79 Å². The molecule has 0 aliphatic carbocycles. The van der Waals surface area contributed by atoms with Crippen LogP contribution in [0.15, 0.2) is 53.0 Å². The monoisotopic (exact) mass is 303 g/mol. The molecular weight excluding hydrogens is 290 g/mol. The van der Waals surface area contributed by atoms with Crippen LogP contribution in [0.1, 0.15) is 15.9 Å². The molecule has 3 heteroatoms. The molecule has 0 aromatic heterocycles. The van der Waals surface area contributed by atoms with Gasteiger partial charge in [0.2, 0.25) is 0 Å². The normalized spacial score (nSPS) is 10.2. The topological polar surface area (TPSA) is 20.3 Å². The Morgan fingerprint density at radius 1 is 1.11 bits per heavy atom. The zero-order chi connectivity index (χ0) is 13.1. The van der Waals surface area contributed by atoms with Gasteiger partial charge >= 0.3 is 0 Å². The van der Waals surface area contributed by atoms with Crippen LogP contribution < -0.4 is 4.90 Å². The first-order valence-electron chi connectivity index (χ1n) is 5.68. The van der Waals surface area contributed by atoms with E-state index in [4.69, 9.17) is 0 Å². The number of benzene rings is 2. The highest BCUT2D eigenvalue weighted by Gasteiger charge is 2.13. The lowest BCUT2D eigenvalue weighted by molar-refractivity contribution is 0.0993. The van der Waals surface area contributed by atoms with Crippen LogP contribution in [0, 0.1) is 6.92 Å². The van der Waals surface area contributed by atoms with Crippen molar-refractivity contribution in [3.8, 4) is 0 Å². The summed E-state index contributed by atoms with van der Waals surface area (Å²) in [4.78, 5) is 14.0. The third-order valence-electron chi connectivity index (χ3n) is 2.77. The highest BCUT2D eigenvalue weighted by molar-refractivity contribution is 9.10. The Kier molecular flexibility index (Phi) is 3.82. The summed E-state index contributed by atoms with van der Waals surface area (Å²) in [6.45, 7) is 2.01. The minimum atomic E-state index is -0.0121. The van der Waals surface area contributed by atoms with Gasteiger partial charge in [-0.3, -0.25) is 4.79 Å². The number of nitrogens with zero attached hydrogens (tertiary/aromatic N) is 1. The highest BCUT2D eigenvalue weighted by Crippen LogP contribution is 2.18. The van der Waals surface area contributed by atoms with Gasteiger partial charge < -0.3 is 4.90 Å². The molecule has 2 rings (SSSR count). The molecule has 0 unspecified atom stereocenters. The fourth-order valence-electron chi connectivity index (χ4n) is 1.77. The molecule has 18 heavy (non-hydrogen) atoms. The van der Waals surface area contributed by atoms with Crippen molar-refractivity contribution in [1.82, 2.24) is 0 Å². The number of halogens is 1. The molecular formula is C15H14BrNO. The van der Waals surface area contributed by atoms with E-state index in [1.165, 1.54) is 0 Å². The van der Waals surface area contributed by atoms with Gasteiger partial charge in [0.1, 0.15) is 0 Å². The molecule has 1 amide bonds. The van der Waals surface area contributed by atoms with E-state index in [0.29, 0.717) is 5.56 Å². The predicted molar refractivity (Wildman–Crippen MR) is 78.1 cm³/mol. The average Bonchev–Trinajstić information content (AvgIpc) is 2.37. The molecule has 0 bridgehead atoms. The molecule has 0 spiro atoms. The van der Waals surface area contributed by atoms with Crippen molar-refractivity contribution in [2.75, 3.05) is 11.9 Å². The molecule has 0 saturated carbocycles. The Balaban J connectivity index is 2.29. The molecule has 0 radical (unpaired) electrons. The van der Waals surface area contributed by atoms with E-state index in [0.717, 1.165) is 15.7 Å². The van der Waals surface area contributed by atoms with E-state index >= 15 is 0 Å². The third kappa shape index (κ3) is 2.79. The summed E-state index contributed by atoms with van der Waals surface area (Å²) in [5, 5.41) is 0. The third-order valence-corrected chi connectivity index (χ3v) is 3.26. The summed E-state index contributed by atoms with van der Waals surface area (Å²) in [7, 11) is 1.79. The molecule has 0 heterocycles.